The number of furan rings is 1. The lowest BCUT2D eigenvalue weighted by Crippen LogP contribution is -2.41. The van der Waals surface area contributed by atoms with E-state index in [4.69, 9.17) is 4.42 Å². The molecule has 0 saturated heterocycles. The van der Waals surface area contributed by atoms with Crippen LogP contribution in [0.4, 0.5) is 10.1 Å². The number of nitrogens with zero attached hydrogens (tertiary/aromatic N) is 1. The smallest absolute Gasteiger partial charge is 0.305 e. The Labute approximate surface area is 182 Å². The van der Waals surface area contributed by atoms with Gasteiger partial charge in [-0.2, -0.15) is 0 Å². The number of nitrogens with one attached hydrogen (secondary N) is 2. The van der Waals surface area contributed by atoms with Crippen molar-refractivity contribution in [2.24, 2.45) is 0 Å². The van der Waals surface area contributed by atoms with Crippen LogP contribution in [-0.4, -0.2) is 16.7 Å². The number of halogens is 2. The molecule has 0 aliphatic rings. The van der Waals surface area contributed by atoms with Gasteiger partial charge >= 0.3 is 5.91 Å². The maximum atomic E-state index is 13.3. The molecule has 30 heavy (non-hydrogen) atoms. The fourth-order valence-electron chi connectivity index (χ4n) is 2.39. The Morgan fingerprint density at radius 3 is 2.53 bits per heavy atom. The van der Waals surface area contributed by atoms with Gasteiger partial charge in [-0.3, -0.25) is 30.6 Å². The van der Waals surface area contributed by atoms with Crippen LogP contribution in [0.25, 0.3) is 0 Å². The summed E-state index contributed by atoms with van der Waals surface area (Å²) < 4.78 is 18.7. The van der Waals surface area contributed by atoms with Gasteiger partial charge in [-0.05, 0) is 57.9 Å². The van der Waals surface area contributed by atoms with Crippen LogP contribution in [-0.2, 0) is 5.75 Å². The highest BCUT2D eigenvalue weighted by molar-refractivity contribution is 9.10. The van der Waals surface area contributed by atoms with Crippen molar-refractivity contribution in [3.05, 3.63) is 92.1 Å². The molecule has 1 aromatic heterocycles. The number of hydrogen-bond donors (Lipinski definition) is 2. The van der Waals surface area contributed by atoms with Crippen molar-refractivity contribution in [1.29, 1.82) is 0 Å². The number of benzene rings is 2. The lowest BCUT2D eigenvalue weighted by atomic mass is 10.2. The largest absolute Gasteiger partial charge is 0.444 e. The van der Waals surface area contributed by atoms with Gasteiger partial charge in [-0.1, -0.05) is 12.1 Å². The molecule has 8 nitrogen and oxygen atoms in total. The Kier molecular flexibility index (Phi) is 6.85. The number of rotatable bonds is 6. The van der Waals surface area contributed by atoms with Crippen molar-refractivity contribution in [2.75, 3.05) is 0 Å². The van der Waals surface area contributed by atoms with Gasteiger partial charge in [-0.15, -0.1) is 11.8 Å². The second-order valence-electron chi connectivity index (χ2n) is 5.87. The first-order chi connectivity index (χ1) is 14.3. The molecule has 0 saturated carbocycles. The van der Waals surface area contributed by atoms with E-state index in [-0.39, 0.29) is 17.0 Å². The average Bonchev–Trinajstić information content (AvgIpc) is 3.16. The summed E-state index contributed by atoms with van der Waals surface area (Å²) in [5.41, 5.74) is 4.71. The van der Waals surface area contributed by atoms with Gasteiger partial charge in [0.05, 0.1) is 9.82 Å². The zero-order valence-corrected chi connectivity index (χ0v) is 17.5. The summed E-state index contributed by atoms with van der Waals surface area (Å²) in [6, 6.07) is 12.8. The Morgan fingerprint density at radius 1 is 1.10 bits per heavy atom. The summed E-state index contributed by atoms with van der Waals surface area (Å²) in [5.74, 6) is -1.53. The number of amides is 2. The zero-order valence-electron chi connectivity index (χ0n) is 15.1. The van der Waals surface area contributed by atoms with Crippen LogP contribution in [0.15, 0.2) is 68.6 Å². The van der Waals surface area contributed by atoms with Gasteiger partial charge in [0.2, 0.25) is 0 Å². The topological polar surface area (TPSA) is 114 Å². The van der Waals surface area contributed by atoms with Gasteiger partial charge in [-0.25, -0.2) is 4.39 Å². The van der Waals surface area contributed by atoms with Crippen molar-refractivity contribution in [3.63, 3.8) is 0 Å². The molecular formula is C19H13BrFN3O5S. The number of carbonyl (C=O) groups excluding carboxylic acids is 2. The molecule has 3 aromatic rings. The van der Waals surface area contributed by atoms with Crippen LogP contribution < -0.4 is 10.9 Å². The van der Waals surface area contributed by atoms with Crippen molar-refractivity contribution in [1.82, 2.24) is 10.9 Å². The average molecular weight is 494 g/mol. The number of nitro groups is 1. The first-order valence-corrected chi connectivity index (χ1v) is 10.1. The normalized spacial score (nSPS) is 10.5. The maximum Gasteiger partial charge on any atom is 0.305 e. The van der Waals surface area contributed by atoms with E-state index < -0.39 is 22.6 Å². The molecule has 2 N–H and O–H groups in total. The van der Waals surface area contributed by atoms with Gasteiger partial charge < -0.3 is 4.42 Å². The highest BCUT2D eigenvalue weighted by Gasteiger charge is 2.19. The van der Waals surface area contributed by atoms with Crippen LogP contribution in [0.1, 0.15) is 26.5 Å². The number of thioether (sulfide) groups is 1. The van der Waals surface area contributed by atoms with E-state index in [0.29, 0.717) is 20.9 Å². The Hall–Kier alpha value is -3.18. The third-order valence-electron chi connectivity index (χ3n) is 3.79. The van der Waals surface area contributed by atoms with E-state index in [1.807, 2.05) is 0 Å². The highest BCUT2D eigenvalue weighted by atomic mass is 79.9. The highest BCUT2D eigenvalue weighted by Crippen LogP contribution is 2.32. The van der Waals surface area contributed by atoms with E-state index in [9.17, 15) is 24.1 Å². The maximum absolute atomic E-state index is 13.3. The molecule has 154 valence electrons. The quantitative estimate of drug-likeness (QED) is 0.297. The van der Waals surface area contributed by atoms with E-state index >= 15 is 0 Å². The molecule has 0 radical (unpaired) electrons. The molecule has 1 heterocycles. The van der Waals surface area contributed by atoms with Crippen molar-refractivity contribution >= 4 is 45.2 Å². The van der Waals surface area contributed by atoms with Crippen molar-refractivity contribution in [3.8, 4) is 0 Å². The number of hydrazine groups is 1. The molecule has 0 unspecified atom stereocenters. The Morgan fingerprint density at radius 2 is 1.87 bits per heavy atom. The van der Waals surface area contributed by atoms with Gasteiger partial charge in [0.15, 0.2) is 10.4 Å². The van der Waals surface area contributed by atoms with E-state index in [0.717, 1.165) is 17.8 Å². The Bertz CT molecular complexity index is 1120. The van der Waals surface area contributed by atoms with Crippen LogP contribution in [0.5, 0.6) is 0 Å². The first-order valence-electron chi connectivity index (χ1n) is 8.35. The first kappa shape index (κ1) is 21.5. The predicted molar refractivity (Wildman–Crippen MR) is 110 cm³/mol. The van der Waals surface area contributed by atoms with Crippen LogP contribution in [0.3, 0.4) is 0 Å². The second kappa shape index (κ2) is 9.55. The molecule has 0 aliphatic carbocycles. The fraction of sp³-hybridized carbons (Fsp3) is 0.0526. The standard InChI is InChI=1S/C19H13BrFN3O5S/c20-17-7-5-15(29-17)19(26)23-22-18(25)12-4-6-16(14(9-12)24(27)28)30-10-11-2-1-3-13(21)8-11/h1-9H,10H2,(H,22,25)(H,23,26). The monoisotopic (exact) mass is 493 g/mol. The number of hydrogen-bond acceptors (Lipinski definition) is 6. The summed E-state index contributed by atoms with van der Waals surface area (Å²) in [6.45, 7) is 0. The molecule has 3 rings (SSSR count). The summed E-state index contributed by atoms with van der Waals surface area (Å²) in [4.78, 5) is 35.3. The molecule has 11 heteroatoms. The third kappa shape index (κ3) is 5.45. The van der Waals surface area contributed by atoms with Gasteiger partial charge in [0.25, 0.3) is 11.6 Å². The van der Waals surface area contributed by atoms with Gasteiger partial charge in [0, 0.05) is 17.4 Å². The summed E-state index contributed by atoms with van der Waals surface area (Å²) in [7, 11) is 0. The zero-order chi connectivity index (χ0) is 21.7. The minimum atomic E-state index is -0.737. The molecule has 0 spiro atoms. The lowest BCUT2D eigenvalue weighted by Gasteiger charge is -2.08. The van der Waals surface area contributed by atoms with E-state index in [1.165, 1.54) is 36.4 Å². The molecule has 0 aliphatic heterocycles. The van der Waals surface area contributed by atoms with Crippen molar-refractivity contribution < 1.29 is 23.3 Å². The molecule has 0 atom stereocenters. The van der Waals surface area contributed by atoms with E-state index in [2.05, 4.69) is 26.8 Å². The SMILES string of the molecule is O=C(NNC(=O)c1ccc(Br)o1)c1ccc(SCc2cccc(F)c2)c([N+](=O)[O-])c1. The molecule has 2 amide bonds. The van der Waals surface area contributed by atoms with Crippen molar-refractivity contribution in [2.45, 2.75) is 10.6 Å². The van der Waals surface area contributed by atoms with Crippen LogP contribution >= 0.6 is 27.7 Å². The van der Waals surface area contributed by atoms with Crippen LogP contribution in [0.2, 0.25) is 0 Å². The van der Waals surface area contributed by atoms with E-state index in [1.54, 1.807) is 12.1 Å². The van der Waals surface area contributed by atoms with Gasteiger partial charge in [0.1, 0.15) is 5.82 Å². The summed E-state index contributed by atoms with van der Waals surface area (Å²) in [5, 5.41) is 11.4. The number of nitro benzene ring substituents is 1. The molecular weight excluding hydrogens is 481 g/mol. The van der Waals surface area contributed by atoms with Crippen LogP contribution in [0, 0.1) is 15.9 Å². The minimum absolute atomic E-state index is 0.0160. The predicted octanol–water partition coefficient (Wildman–Crippen LogP) is 4.46. The third-order valence-corrected chi connectivity index (χ3v) is 5.35. The second-order valence-corrected chi connectivity index (χ2v) is 7.67. The minimum Gasteiger partial charge on any atom is -0.444 e. The summed E-state index contributed by atoms with van der Waals surface area (Å²) >= 11 is 4.21. The fourth-order valence-corrected chi connectivity index (χ4v) is 3.65. The Balaban J connectivity index is 1.68. The number of carbonyl (C=O) groups is 2. The summed E-state index contributed by atoms with van der Waals surface area (Å²) in [6.07, 6.45) is 0. The molecule has 0 bridgehead atoms. The molecule has 0 fully saturated rings. The molecule has 2 aromatic carbocycles. The lowest BCUT2D eigenvalue weighted by molar-refractivity contribution is -0.387.